The van der Waals surface area contributed by atoms with Crippen molar-refractivity contribution in [3.05, 3.63) is 65.7 Å². The van der Waals surface area contributed by atoms with Gasteiger partial charge in [-0.15, -0.1) is 0 Å². The smallest absolute Gasteiger partial charge is 0.251 e. The number of carbonyl (C=O) groups is 1. The molecule has 0 aliphatic heterocycles. The van der Waals surface area contributed by atoms with Crippen LogP contribution < -0.4 is 10.0 Å². The Bertz CT molecular complexity index is 789. The van der Waals surface area contributed by atoms with Crippen LogP contribution in [0.4, 0.5) is 0 Å². The van der Waals surface area contributed by atoms with Crippen molar-refractivity contribution < 1.29 is 13.2 Å². The molecule has 0 fully saturated rings. The van der Waals surface area contributed by atoms with E-state index in [4.69, 9.17) is 0 Å². The van der Waals surface area contributed by atoms with Crippen LogP contribution in [0.15, 0.2) is 59.5 Å². The number of nitrogens with one attached hydrogen (secondary N) is 2. The molecule has 2 N–H and O–H groups in total. The molecule has 0 bridgehead atoms. The molecule has 5 nitrogen and oxygen atoms in total. The SMILES string of the molecule is CC[C@@H](CNC(=O)c1cccc(S(=O)(=O)NC)c1)c1ccccc1. The Morgan fingerprint density at radius 2 is 1.79 bits per heavy atom. The minimum Gasteiger partial charge on any atom is -0.351 e. The summed E-state index contributed by atoms with van der Waals surface area (Å²) < 4.78 is 25.9. The van der Waals surface area contributed by atoms with Crippen LogP contribution in [0.25, 0.3) is 0 Å². The van der Waals surface area contributed by atoms with Crippen LogP contribution in [-0.2, 0) is 10.0 Å². The molecular formula is C18H22N2O3S. The first-order valence-corrected chi connectivity index (χ1v) is 9.33. The maximum atomic E-state index is 12.3. The molecule has 2 aromatic rings. The van der Waals surface area contributed by atoms with E-state index < -0.39 is 10.0 Å². The number of rotatable bonds is 7. The van der Waals surface area contributed by atoms with Crippen molar-refractivity contribution in [3.8, 4) is 0 Å². The van der Waals surface area contributed by atoms with Crippen LogP contribution in [0.3, 0.4) is 0 Å². The Morgan fingerprint density at radius 1 is 1.08 bits per heavy atom. The summed E-state index contributed by atoms with van der Waals surface area (Å²) in [7, 11) is -2.22. The molecule has 2 aromatic carbocycles. The number of carbonyl (C=O) groups excluding carboxylic acids is 1. The highest BCUT2D eigenvalue weighted by molar-refractivity contribution is 7.89. The first-order valence-electron chi connectivity index (χ1n) is 7.84. The van der Waals surface area contributed by atoms with Gasteiger partial charge in [-0.1, -0.05) is 43.3 Å². The molecule has 2 rings (SSSR count). The molecular weight excluding hydrogens is 324 g/mol. The lowest BCUT2D eigenvalue weighted by atomic mass is 9.96. The van der Waals surface area contributed by atoms with E-state index >= 15 is 0 Å². The van der Waals surface area contributed by atoms with Gasteiger partial charge in [0.1, 0.15) is 0 Å². The molecule has 0 saturated carbocycles. The predicted molar refractivity (Wildman–Crippen MR) is 94.5 cm³/mol. The third-order valence-corrected chi connectivity index (χ3v) is 5.36. The zero-order chi connectivity index (χ0) is 17.6. The highest BCUT2D eigenvalue weighted by atomic mass is 32.2. The minimum absolute atomic E-state index is 0.0766. The molecule has 0 saturated heterocycles. The Morgan fingerprint density at radius 3 is 2.42 bits per heavy atom. The summed E-state index contributed by atoms with van der Waals surface area (Å²) in [4.78, 5) is 12.4. The number of benzene rings is 2. The van der Waals surface area contributed by atoms with Crippen molar-refractivity contribution >= 4 is 15.9 Å². The van der Waals surface area contributed by atoms with Crippen LogP contribution in [0.1, 0.15) is 35.2 Å². The molecule has 0 unspecified atom stereocenters. The third-order valence-electron chi connectivity index (χ3n) is 3.95. The summed E-state index contributed by atoms with van der Waals surface area (Å²) in [6, 6.07) is 16.0. The van der Waals surface area contributed by atoms with Crippen LogP contribution in [0, 0.1) is 0 Å². The number of amides is 1. The average Bonchev–Trinajstić information content (AvgIpc) is 2.63. The third kappa shape index (κ3) is 4.43. The molecule has 24 heavy (non-hydrogen) atoms. The first-order chi connectivity index (χ1) is 11.5. The summed E-state index contributed by atoms with van der Waals surface area (Å²) in [5.74, 6) is -0.0584. The largest absolute Gasteiger partial charge is 0.351 e. The van der Waals surface area contributed by atoms with Gasteiger partial charge in [-0.2, -0.15) is 0 Å². The monoisotopic (exact) mass is 346 g/mol. The fourth-order valence-corrected chi connectivity index (χ4v) is 3.24. The van der Waals surface area contributed by atoms with Crippen molar-refractivity contribution in [2.45, 2.75) is 24.2 Å². The summed E-state index contributed by atoms with van der Waals surface area (Å²) in [6.07, 6.45) is 0.901. The van der Waals surface area contributed by atoms with E-state index in [0.29, 0.717) is 12.1 Å². The summed E-state index contributed by atoms with van der Waals surface area (Å²) >= 11 is 0. The molecule has 0 aliphatic rings. The molecule has 0 aromatic heterocycles. The van der Waals surface area contributed by atoms with Gasteiger partial charge in [0, 0.05) is 18.0 Å². The van der Waals surface area contributed by atoms with Gasteiger partial charge in [-0.3, -0.25) is 4.79 Å². The molecule has 128 valence electrons. The van der Waals surface area contributed by atoms with E-state index in [1.165, 1.54) is 24.7 Å². The van der Waals surface area contributed by atoms with E-state index in [2.05, 4.69) is 17.0 Å². The van der Waals surface area contributed by atoms with Crippen molar-refractivity contribution in [3.63, 3.8) is 0 Å². The molecule has 1 amide bonds. The molecule has 0 radical (unpaired) electrons. The van der Waals surface area contributed by atoms with Gasteiger partial charge in [0.15, 0.2) is 0 Å². The lowest BCUT2D eigenvalue weighted by molar-refractivity contribution is 0.0950. The van der Waals surface area contributed by atoms with Crippen LogP contribution in [0.2, 0.25) is 0 Å². The van der Waals surface area contributed by atoms with Crippen molar-refractivity contribution in [2.24, 2.45) is 0 Å². The van der Waals surface area contributed by atoms with Crippen molar-refractivity contribution in [1.82, 2.24) is 10.0 Å². The highest BCUT2D eigenvalue weighted by Gasteiger charge is 2.15. The molecule has 0 aliphatic carbocycles. The zero-order valence-electron chi connectivity index (χ0n) is 13.8. The molecule has 6 heteroatoms. The second-order valence-electron chi connectivity index (χ2n) is 5.46. The van der Waals surface area contributed by atoms with Crippen molar-refractivity contribution in [2.75, 3.05) is 13.6 Å². The Hall–Kier alpha value is -2.18. The minimum atomic E-state index is -3.56. The van der Waals surface area contributed by atoms with Gasteiger partial charge in [-0.25, -0.2) is 13.1 Å². The average molecular weight is 346 g/mol. The quantitative estimate of drug-likeness (QED) is 0.809. The maximum Gasteiger partial charge on any atom is 0.251 e. The Kier molecular flexibility index (Phi) is 6.11. The van der Waals surface area contributed by atoms with Crippen LogP contribution in [-0.4, -0.2) is 27.9 Å². The first kappa shape index (κ1) is 18.2. The number of sulfonamides is 1. The maximum absolute atomic E-state index is 12.3. The van der Waals surface area contributed by atoms with Crippen LogP contribution in [0.5, 0.6) is 0 Å². The highest BCUT2D eigenvalue weighted by Crippen LogP contribution is 2.18. The second kappa shape index (κ2) is 8.08. The Labute approximate surface area is 143 Å². The number of hydrogen-bond acceptors (Lipinski definition) is 3. The molecule has 0 heterocycles. The topological polar surface area (TPSA) is 75.3 Å². The zero-order valence-corrected chi connectivity index (χ0v) is 14.6. The van der Waals surface area contributed by atoms with Crippen LogP contribution >= 0.6 is 0 Å². The van der Waals surface area contributed by atoms with Gasteiger partial charge < -0.3 is 5.32 Å². The van der Waals surface area contributed by atoms with E-state index in [-0.39, 0.29) is 16.7 Å². The van der Waals surface area contributed by atoms with Gasteiger partial charge >= 0.3 is 0 Å². The van der Waals surface area contributed by atoms with E-state index in [1.54, 1.807) is 12.1 Å². The lowest BCUT2D eigenvalue weighted by Gasteiger charge is -2.16. The van der Waals surface area contributed by atoms with E-state index in [9.17, 15) is 13.2 Å². The van der Waals surface area contributed by atoms with Gasteiger partial charge in [0.2, 0.25) is 10.0 Å². The molecule has 1 atom stereocenters. The fraction of sp³-hybridized carbons (Fsp3) is 0.278. The number of hydrogen-bond donors (Lipinski definition) is 2. The second-order valence-corrected chi connectivity index (χ2v) is 7.35. The predicted octanol–water partition coefficient (Wildman–Crippen LogP) is 2.52. The standard InChI is InChI=1S/C18H22N2O3S/c1-3-14(15-8-5-4-6-9-15)13-20-18(21)16-10-7-11-17(12-16)24(22,23)19-2/h4-12,14,19H,3,13H2,1-2H3,(H,20,21)/t14-/m0/s1. The summed E-state index contributed by atoms with van der Waals surface area (Å²) in [5.41, 5.74) is 1.50. The Balaban J connectivity index is 2.09. The van der Waals surface area contributed by atoms with E-state index in [0.717, 1.165) is 6.42 Å². The van der Waals surface area contributed by atoms with Gasteiger partial charge in [-0.05, 0) is 37.2 Å². The lowest BCUT2D eigenvalue weighted by Crippen LogP contribution is -2.28. The summed E-state index contributed by atoms with van der Waals surface area (Å²) in [5, 5.41) is 2.89. The summed E-state index contributed by atoms with van der Waals surface area (Å²) in [6.45, 7) is 2.58. The van der Waals surface area contributed by atoms with Gasteiger partial charge in [0.25, 0.3) is 5.91 Å². The molecule has 0 spiro atoms. The van der Waals surface area contributed by atoms with Gasteiger partial charge in [0.05, 0.1) is 4.90 Å². The van der Waals surface area contributed by atoms with Crippen molar-refractivity contribution in [1.29, 1.82) is 0 Å². The normalized spacial score (nSPS) is 12.6. The fourth-order valence-electron chi connectivity index (χ4n) is 2.46. The van der Waals surface area contributed by atoms with E-state index in [1.807, 2.05) is 30.3 Å².